The molecule has 0 aliphatic rings. The third-order valence-corrected chi connectivity index (χ3v) is 2.99. The highest BCUT2D eigenvalue weighted by atomic mass is 16.6. The monoisotopic (exact) mass is 267 g/mol. The molecule has 0 saturated heterocycles. The minimum Gasteiger partial charge on any atom is -0.383 e. The lowest BCUT2D eigenvalue weighted by Crippen LogP contribution is -2.26. The zero-order chi connectivity index (χ0) is 14.3. The molecular formula is C13H21N3O3. The van der Waals surface area contributed by atoms with Gasteiger partial charge in [0, 0.05) is 33.3 Å². The minimum atomic E-state index is -0.360. The lowest BCUT2D eigenvalue weighted by molar-refractivity contribution is -0.384. The Morgan fingerprint density at radius 2 is 2.21 bits per heavy atom. The standard InChI is InChI=1S/C13H21N3O3/c1-4-15(7-8-19-3)10-11-5-6-12(14-2)13(9-11)16(17)18/h5-6,9,14H,4,7-8,10H2,1-3H3. The molecule has 0 atom stereocenters. The largest absolute Gasteiger partial charge is 0.383 e. The van der Waals surface area contributed by atoms with Crippen molar-refractivity contribution in [3.05, 3.63) is 33.9 Å². The van der Waals surface area contributed by atoms with E-state index in [1.807, 2.05) is 6.07 Å². The molecular weight excluding hydrogens is 246 g/mol. The van der Waals surface area contributed by atoms with Crippen LogP contribution in [0.15, 0.2) is 18.2 Å². The molecule has 19 heavy (non-hydrogen) atoms. The molecule has 0 heterocycles. The van der Waals surface area contributed by atoms with Crippen molar-refractivity contribution in [2.45, 2.75) is 13.5 Å². The number of hydrogen-bond acceptors (Lipinski definition) is 5. The maximum absolute atomic E-state index is 11.0. The van der Waals surface area contributed by atoms with Crippen LogP contribution in [0.3, 0.4) is 0 Å². The highest BCUT2D eigenvalue weighted by molar-refractivity contribution is 5.62. The van der Waals surface area contributed by atoms with Crippen molar-refractivity contribution in [3.8, 4) is 0 Å². The quantitative estimate of drug-likeness (QED) is 0.577. The van der Waals surface area contributed by atoms with E-state index in [4.69, 9.17) is 4.74 Å². The van der Waals surface area contributed by atoms with Crippen LogP contribution in [0.1, 0.15) is 12.5 Å². The summed E-state index contributed by atoms with van der Waals surface area (Å²) in [5.41, 5.74) is 1.58. The first-order valence-electron chi connectivity index (χ1n) is 6.28. The van der Waals surface area contributed by atoms with Crippen LogP contribution < -0.4 is 5.32 Å². The number of hydrogen-bond donors (Lipinski definition) is 1. The van der Waals surface area contributed by atoms with Gasteiger partial charge in [-0.2, -0.15) is 0 Å². The maximum Gasteiger partial charge on any atom is 0.292 e. The molecule has 1 aromatic rings. The molecule has 0 spiro atoms. The normalized spacial score (nSPS) is 10.7. The second-order valence-electron chi connectivity index (χ2n) is 4.22. The SMILES string of the molecule is CCN(CCOC)Cc1ccc(NC)c([N+](=O)[O-])c1. The van der Waals surface area contributed by atoms with Gasteiger partial charge in [-0.1, -0.05) is 13.0 Å². The molecule has 6 heteroatoms. The molecule has 0 radical (unpaired) electrons. The first-order valence-corrected chi connectivity index (χ1v) is 6.28. The number of benzene rings is 1. The predicted molar refractivity (Wildman–Crippen MR) is 75.5 cm³/mol. The Labute approximate surface area is 113 Å². The first-order chi connectivity index (χ1) is 9.12. The highest BCUT2D eigenvalue weighted by Crippen LogP contribution is 2.25. The molecule has 0 unspecified atom stereocenters. The van der Waals surface area contributed by atoms with E-state index in [2.05, 4.69) is 17.1 Å². The molecule has 0 aliphatic heterocycles. The van der Waals surface area contributed by atoms with Gasteiger partial charge in [-0.15, -0.1) is 0 Å². The van der Waals surface area contributed by atoms with E-state index in [1.54, 1.807) is 26.3 Å². The van der Waals surface area contributed by atoms with Crippen molar-refractivity contribution in [2.24, 2.45) is 0 Å². The number of nitro groups is 1. The second-order valence-corrected chi connectivity index (χ2v) is 4.22. The Morgan fingerprint density at radius 3 is 2.74 bits per heavy atom. The number of methoxy groups -OCH3 is 1. The lowest BCUT2D eigenvalue weighted by Gasteiger charge is -2.20. The van der Waals surface area contributed by atoms with Crippen molar-refractivity contribution >= 4 is 11.4 Å². The van der Waals surface area contributed by atoms with Crippen molar-refractivity contribution in [2.75, 3.05) is 39.2 Å². The molecule has 0 aromatic heterocycles. The zero-order valence-electron chi connectivity index (χ0n) is 11.7. The Hall–Kier alpha value is -1.66. The smallest absolute Gasteiger partial charge is 0.292 e. The predicted octanol–water partition coefficient (Wildman–Crippen LogP) is 2.10. The molecule has 1 aromatic carbocycles. The van der Waals surface area contributed by atoms with E-state index >= 15 is 0 Å². The van der Waals surface area contributed by atoms with Crippen molar-refractivity contribution in [1.29, 1.82) is 0 Å². The minimum absolute atomic E-state index is 0.114. The van der Waals surface area contributed by atoms with E-state index in [1.165, 1.54) is 0 Å². The van der Waals surface area contributed by atoms with Crippen molar-refractivity contribution in [3.63, 3.8) is 0 Å². The molecule has 1 rings (SSSR count). The van der Waals surface area contributed by atoms with Gasteiger partial charge in [0.15, 0.2) is 0 Å². The summed E-state index contributed by atoms with van der Waals surface area (Å²) in [6.07, 6.45) is 0. The summed E-state index contributed by atoms with van der Waals surface area (Å²) >= 11 is 0. The van der Waals surface area contributed by atoms with Gasteiger partial charge in [-0.25, -0.2) is 0 Å². The van der Waals surface area contributed by atoms with Gasteiger partial charge < -0.3 is 10.1 Å². The highest BCUT2D eigenvalue weighted by Gasteiger charge is 2.14. The summed E-state index contributed by atoms with van der Waals surface area (Å²) in [4.78, 5) is 12.8. The number of nitro benzene ring substituents is 1. The van der Waals surface area contributed by atoms with Gasteiger partial charge in [0.2, 0.25) is 0 Å². The van der Waals surface area contributed by atoms with Gasteiger partial charge in [0.05, 0.1) is 11.5 Å². The van der Waals surface area contributed by atoms with E-state index in [-0.39, 0.29) is 10.6 Å². The number of rotatable bonds is 8. The average molecular weight is 267 g/mol. The summed E-state index contributed by atoms with van der Waals surface area (Å²) in [6.45, 7) is 5.10. The molecule has 106 valence electrons. The topological polar surface area (TPSA) is 67.6 Å². The third kappa shape index (κ3) is 4.50. The summed E-state index contributed by atoms with van der Waals surface area (Å²) in [5.74, 6) is 0. The average Bonchev–Trinajstić information content (AvgIpc) is 2.43. The number of nitrogens with one attached hydrogen (secondary N) is 1. The van der Waals surface area contributed by atoms with Gasteiger partial charge in [0.1, 0.15) is 5.69 Å². The third-order valence-electron chi connectivity index (χ3n) is 2.99. The Morgan fingerprint density at radius 1 is 1.47 bits per heavy atom. The van der Waals surface area contributed by atoms with Crippen LogP contribution >= 0.6 is 0 Å². The summed E-state index contributed by atoms with van der Waals surface area (Å²) in [7, 11) is 3.35. The van der Waals surface area contributed by atoms with Crippen molar-refractivity contribution < 1.29 is 9.66 Å². The first kappa shape index (κ1) is 15.4. The van der Waals surface area contributed by atoms with Crippen LogP contribution in [-0.4, -0.2) is 43.7 Å². The maximum atomic E-state index is 11.0. The number of ether oxygens (including phenoxy) is 1. The van der Waals surface area contributed by atoms with Gasteiger partial charge in [-0.3, -0.25) is 15.0 Å². The fourth-order valence-electron chi connectivity index (χ4n) is 1.87. The number of likely N-dealkylation sites (N-methyl/N-ethyl adjacent to an activating group) is 1. The summed E-state index contributed by atoms with van der Waals surface area (Å²) in [5, 5.41) is 13.8. The Kier molecular flexibility index (Phi) is 6.24. The zero-order valence-corrected chi connectivity index (χ0v) is 11.7. The van der Waals surface area contributed by atoms with Gasteiger partial charge in [-0.05, 0) is 18.2 Å². The summed E-state index contributed by atoms with van der Waals surface area (Å²) < 4.78 is 5.05. The second kappa shape index (κ2) is 7.70. The molecule has 0 bridgehead atoms. The van der Waals surface area contributed by atoms with Crippen LogP contribution in [0.5, 0.6) is 0 Å². The van der Waals surface area contributed by atoms with E-state index < -0.39 is 0 Å². The van der Waals surface area contributed by atoms with Crippen molar-refractivity contribution in [1.82, 2.24) is 4.90 Å². The Bertz CT molecular complexity index is 424. The van der Waals surface area contributed by atoms with Crippen LogP contribution in [-0.2, 0) is 11.3 Å². The fraction of sp³-hybridized carbons (Fsp3) is 0.538. The molecule has 0 aliphatic carbocycles. The van der Waals surface area contributed by atoms with Crippen LogP contribution in [0.25, 0.3) is 0 Å². The molecule has 1 N–H and O–H groups in total. The molecule has 6 nitrogen and oxygen atoms in total. The molecule has 0 amide bonds. The molecule has 0 fully saturated rings. The fourth-order valence-corrected chi connectivity index (χ4v) is 1.87. The van der Waals surface area contributed by atoms with E-state index in [9.17, 15) is 10.1 Å². The van der Waals surface area contributed by atoms with Crippen LogP contribution in [0.4, 0.5) is 11.4 Å². The van der Waals surface area contributed by atoms with Crippen LogP contribution in [0, 0.1) is 10.1 Å². The Balaban J connectivity index is 2.83. The van der Waals surface area contributed by atoms with E-state index in [0.29, 0.717) is 18.8 Å². The van der Waals surface area contributed by atoms with Crippen LogP contribution in [0.2, 0.25) is 0 Å². The lowest BCUT2D eigenvalue weighted by atomic mass is 10.1. The van der Waals surface area contributed by atoms with Gasteiger partial charge in [0.25, 0.3) is 5.69 Å². The number of anilines is 1. The summed E-state index contributed by atoms with van der Waals surface area (Å²) in [6, 6.07) is 5.28. The van der Waals surface area contributed by atoms with Gasteiger partial charge >= 0.3 is 0 Å². The molecule has 0 saturated carbocycles. The van der Waals surface area contributed by atoms with E-state index in [0.717, 1.165) is 18.7 Å². The number of nitrogens with zero attached hydrogens (tertiary/aromatic N) is 2.